The molecule has 1 aromatic rings. The van der Waals surface area contributed by atoms with Crippen molar-refractivity contribution in [3.63, 3.8) is 0 Å². The zero-order valence-corrected chi connectivity index (χ0v) is 10.4. The van der Waals surface area contributed by atoms with Gasteiger partial charge in [0.15, 0.2) is 0 Å². The highest BCUT2D eigenvalue weighted by Crippen LogP contribution is 2.18. The number of aliphatic hydroxyl groups excluding tert-OH is 1. The van der Waals surface area contributed by atoms with E-state index in [1.165, 1.54) is 0 Å². The number of carbonyl (C=O) groups is 1. The molecule has 4 heteroatoms. The zero-order valence-electron chi connectivity index (χ0n) is 10.4. The average molecular weight is 248 g/mol. The van der Waals surface area contributed by atoms with Gasteiger partial charge < -0.3 is 16.2 Å². The summed E-state index contributed by atoms with van der Waals surface area (Å²) in [5.74, 6) is -0.0364. The number of hydrogen-bond acceptors (Lipinski definition) is 3. The zero-order chi connectivity index (χ0) is 13.0. The van der Waals surface area contributed by atoms with Crippen LogP contribution in [0.25, 0.3) is 0 Å². The molecule has 1 saturated carbocycles. The van der Waals surface area contributed by atoms with Gasteiger partial charge in [-0.3, -0.25) is 4.79 Å². The van der Waals surface area contributed by atoms with Gasteiger partial charge in [0.25, 0.3) is 0 Å². The predicted molar refractivity (Wildman–Crippen MR) is 71.0 cm³/mol. The Hall–Kier alpha value is -1.55. The van der Waals surface area contributed by atoms with Gasteiger partial charge in [-0.15, -0.1) is 0 Å². The van der Waals surface area contributed by atoms with Crippen LogP contribution in [0.3, 0.4) is 0 Å². The number of carbonyl (C=O) groups excluding carboxylic acids is 1. The number of nitrogens with two attached hydrogens (primary N) is 1. The molecule has 1 fully saturated rings. The summed E-state index contributed by atoms with van der Waals surface area (Å²) in [5.41, 5.74) is 7.22. The van der Waals surface area contributed by atoms with Crippen molar-refractivity contribution in [2.24, 2.45) is 0 Å². The molecule has 1 aliphatic carbocycles. The number of nitrogens with one attached hydrogen (secondary N) is 1. The third-order valence-electron chi connectivity index (χ3n) is 3.42. The quantitative estimate of drug-likeness (QED) is 0.704. The van der Waals surface area contributed by atoms with Crippen molar-refractivity contribution >= 4 is 11.6 Å². The van der Waals surface area contributed by atoms with Crippen molar-refractivity contribution in [1.29, 1.82) is 0 Å². The van der Waals surface area contributed by atoms with E-state index in [0.29, 0.717) is 12.1 Å². The molecular formula is C14H20N2O2. The SMILES string of the molecule is Nc1ccc(CC(=O)N[C@@H]2CCCC[C@H]2O)cc1. The van der Waals surface area contributed by atoms with E-state index in [1.807, 2.05) is 12.1 Å². The van der Waals surface area contributed by atoms with Crippen LogP contribution in [-0.4, -0.2) is 23.2 Å². The van der Waals surface area contributed by atoms with E-state index in [4.69, 9.17) is 5.73 Å². The third kappa shape index (κ3) is 3.47. The summed E-state index contributed by atoms with van der Waals surface area (Å²) in [6, 6.07) is 7.20. The molecule has 2 atom stereocenters. The fourth-order valence-corrected chi connectivity index (χ4v) is 2.36. The molecule has 1 amide bonds. The lowest BCUT2D eigenvalue weighted by molar-refractivity contribution is -0.122. The Morgan fingerprint density at radius 2 is 1.94 bits per heavy atom. The van der Waals surface area contributed by atoms with E-state index in [0.717, 1.165) is 31.2 Å². The Kier molecular flexibility index (Phi) is 4.20. The summed E-state index contributed by atoms with van der Waals surface area (Å²) in [7, 11) is 0. The van der Waals surface area contributed by atoms with Crippen LogP contribution < -0.4 is 11.1 Å². The van der Waals surface area contributed by atoms with E-state index < -0.39 is 6.10 Å². The second-order valence-corrected chi connectivity index (χ2v) is 4.94. The summed E-state index contributed by atoms with van der Waals surface area (Å²) in [5, 5.41) is 12.7. The summed E-state index contributed by atoms with van der Waals surface area (Å²) >= 11 is 0. The fraction of sp³-hybridized carbons (Fsp3) is 0.500. The molecule has 1 aromatic carbocycles. The third-order valence-corrected chi connectivity index (χ3v) is 3.42. The molecule has 0 unspecified atom stereocenters. The summed E-state index contributed by atoms with van der Waals surface area (Å²) < 4.78 is 0. The van der Waals surface area contributed by atoms with Crippen LogP contribution in [0.2, 0.25) is 0 Å². The molecule has 0 saturated heterocycles. The monoisotopic (exact) mass is 248 g/mol. The molecule has 1 aliphatic rings. The standard InChI is InChI=1S/C14H20N2O2/c15-11-7-5-10(6-8-11)9-14(18)16-12-3-1-2-4-13(12)17/h5-8,12-13,17H,1-4,9,15H2,(H,16,18)/t12-,13-/m1/s1. The van der Waals surface area contributed by atoms with Gasteiger partial charge in [0.05, 0.1) is 18.6 Å². The highest BCUT2D eigenvalue weighted by Gasteiger charge is 2.24. The summed E-state index contributed by atoms with van der Waals surface area (Å²) in [4.78, 5) is 11.9. The van der Waals surface area contributed by atoms with Crippen molar-refractivity contribution < 1.29 is 9.90 Å². The number of hydrogen-bond donors (Lipinski definition) is 3. The Morgan fingerprint density at radius 3 is 2.61 bits per heavy atom. The molecule has 0 aliphatic heterocycles. The van der Waals surface area contributed by atoms with Crippen LogP contribution in [-0.2, 0) is 11.2 Å². The molecule has 0 bridgehead atoms. The van der Waals surface area contributed by atoms with Gasteiger partial charge in [0.1, 0.15) is 0 Å². The first-order valence-corrected chi connectivity index (χ1v) is 6.47. The Morgan fingerprint density at radius 1 is 1.28 bits per heavy atom. The second-order valence-electron chi connectivity index (χ2n) is 4.94. The van der Waals surface area contributed by atoms with E-state index in [-0.39, 0.29) is 11.9 Å². The van der Waals surface area contributed by atoms with E-state index in [1.54, 1.807) is 12.1 Å². The van der Waals surface area contributed by atoms with Crippen molar-refractivity contribution in [2.45, 2.75) is 44.2 Å². The van der Waals surface area contributed by atoms with Crippen LogP contribution in [0.15, 0.2) is 24.3 Å². The molecule has 0 aromatic heterocycles. The molecule has 0 spiro atoms. The fourth-order valence-electron chi connectivity index (χ4n) is 2.36. The van der Waals surface area contributed by atoms with Crippen LogP contribution in [0.1, 0.15) is 31.2 Å². The normalized spacial score (nSPS) is 23.6. The molecule has 4 N–H and O–H groups in total. The molecule has 0 heterocycles. The van der Waals surface area contributed by atoms with Crippen LogP contribution in [0, 0.1) is 0 Å². The highest BCUT2D eigenvalue weighted by molar-refractivity contribution is 5.79. The minimum atomic E-state index is -0.394. The van der Waals surface area contributed by atoms with E-state index >= 15 is 0 Å². The summed E-state index contributed by atoms with van der Waals surface area (Å²) in [6.45, 7) is 0. The van der Waals surface area contributed by atoms with Gasteiger partial charge in [-0.25, -0.2) is 0 Å². The number of rotatable bonds is 3. The maximum absolute atomic E-state index is 11.9. The van der Waals surface area contributed by atoms with Crippen LogP contribution >= 0.6 is 0 Å². The maximum atomic E-state index is 11.9. The lowest BCUT2D eigenvalue weighted by Crippen LogP contribution is -2.45. The molecule has 18 heavy (non-hydrogen) atoms. The molecule has 4 nitrogen and oxygen atoms in total. The van der Waals surface area contributed by atoms with Crippen LogP contribution in [0.4, 0.5) is 5.69 Å². The lowest BCUT2D eigenvalue weighted by Gasteiger charge is -2.28. The molecule has 2 rings (SSSR count). The first-order valence-electron chi connectivity index (χ1n) is 6.47. The Bertz CT molecular complexity index is 403. The summed E-state index contributed by atoms with van der Waals surface area (Å²) in [6.07, 6.45) is 3.72. The van der Waals surface area contributed by atoms with E-state index in [2.05, 4.69) is 5.32 Å². The minimum absolute atomic E-state index is 0.0364. The number of aliphatic hydroxyl groups is 1. The number of anilines is 1. The lowest BCUT2D eigenvalue weighted by atomic mass is 9.92. The van der Waals surface area contributed by atoms with E-state index in [9.17, 15) is 9.90 Å². The maximum Gasteiger partial charge on any atom is 0.224 e. The highest BCUT2D eigenvalue weighted by atomic mass is 16.3. The van der Waals surface area contributed by atoms with Crippen LogP contribution in [0.5, 0.6) is 0 Å². The number of nitrogen functional groups attached to an aromatic ring is 1. The second kappa shape index (κ2) is 5.87. The minimum Gasteiger partial charge on any atom is -0.399 e. The number of amides is 1. The van der Waals surface area contributed by atoms with Crippen molar-refractivity contribution in [2.75, 3.05) is 5.73 Å². The van der Waals surface area contributed by atoms with Crippen molar-refractivity contribution in [3.8, 4) is 0 Å². The van der Waals surface area contributed by atoms with Gasteiger partial charge in [0.2, 0.25) is 5.91 Å². The largest absolute Gasteiger partial charge is 0.399 e. The smallest absolute Gasteiger partial charge is 0.224 e. The molecule has 98 valence electrons. The van der Waals surface area contributed by atoms with Crippen molar-refractivity contribution in [3.05, 3.63) is 29.8 Å². The molecule has 0 radical (unpaired) electrons. The van der Waals surface area contributed by atoms with Crippen molar-refractivity contribution in [1.82, 2.24) is 5.32 Å². The number of benzene rings is 1. The van der Waals surface area contributed by atoms with Gasteiger partial charge in [-0.2, -0.15) is 0 Å². The Balaban J connectivity index is 1.86. The van der Waals surface area contributed by atoms with Gasteiger partial charge >= 0.3 is 0 Å². The predicted octanol–water partition coefficient (Wildman–Crippen LogP) is 1.23. The topological polar surface area (TPSA) is 75.4 Å². The van der Waals surface area contributed by atoms with Gasteiger partial charge in [0, 0.05) is 5.69 Å². The first kappa shape index (κ1) is 12.9. The first-order chi connectivity index (χ1) is 8.65. The molecular weight excluding hydrogens is 228 g/mol. The Labute approximate surface area is 107 Å². The van der Waals surface area contributed by atoms with Gasteiger partial charge in [-0.1, -0.05) is 25.0 Å². The average Bonchev–Trinajstić information content (AvgIpc) is 2.35. The van der Waals surface area contributed by atoms with Gasteiger partial charge in [-0.05, 0) is 30.5 Å².